The molecule has 0 saturated heterocycles. The molecule has 0 aliphatic heterocycles. The fraction of sp³-hybridized carbons (Fsp3) is 0.833. The van der Waals surface area contributed by atoms with E-state index < -0.39 is 0 Å². The Bertz CT molecular complexity index is 109. The molecule has 72 valence electrons. The van der Waals surface area contributed by atoms with Crippen LogP contribution in [0.15, 0.2) is 0 Å². The summed E-state index contributed by atoms with van der Waals surface area (Å²) in [6, 6.07) is -0.333. The molecular weight excluding hydrogens is 162 g/mol. The van der Waals surface area contributed by atoms with Gasteiger partial charge in [0.05, 0.1) is 0 Å². The largest absolute Gasteiger partial charge is 0.396 e. The van der Waals surface area contributed by atoms with Crippen molar-refractivity contribution in [3.63, 3.8) is 0 Å². The van der Waals surface area contributed by atoms with Crippen LogP contribution in [0.1, 0.15) is 6.42 Å². The summed E-state index contributed by atoms with van der Waals surface area (Å²) in [6.45, 7) is 0.788. The van der Waals surface area contributed by atoms with E-state index in [-0.39, 0.29) is 19.4 Å². The topological polar surface area (TPSA) is 82.6 Å². The quantitative estimate of drug-likeness (QED) is 0.233. The highest BCUT2D eigenvalue weighted by molar-refractivity contribution is 5.73. The Labute approximate surface area is 71.3 Å². The summed E-state index contributed by atoms with van der Waals surface area (Å²) in [6.07, 6.45) is 0.553. The van der Waals surface area contributed by atoms with Crippen LogP contribution in [0.2, 0.25) is 0 Å². The number of rotatable bonds is 6. The Balaban J connectivity index is 3.10. The van der Waals surface area contributed by atoms with Gasteiger partial charge in [-0.2, -0.15) is 0 Å². The zero-order chi connectivity index (χ0) is 9.23. The Morgan fingerprint density at radius 2 is 2.33 bits per heavy atom. The number of hydrogen-bond donors (Lipinski definition) is 4. The van der Waals surface area contributed by atoms with Gasteiger partial charge in [-0.05, 0) is 6.42 Å². The number of amides is 2. The fourth-order valence-corrected chi connectivity index (χ4v) is 0.514. The predicted molar refractivity (Wildman–Crippen MR) is 43.2 cm³/mol. The summed E-state index contributed by atoms with van der Waals surface area (Å²) in [5.41, 5.74) is 4.85. The van der Waals surface area contributed by atoms with Gasteiger partial charge in [0.1, 0.15) is 6.73 Å². The highest BCUT2D eigenvalue weighted by Gasteiger charge is 1.95. The van der Waals surface area contributed by atoms with Crippen LogP contribution in [0.4, 0.5) is 4.79 Å². The first-order valence-electron chi connectivity index (χ1n) is 3.67. The fourth-order valence-electron chi connectivity index (χ4n) is 0.514. The monoisotopic (exact) mass is 177 g/mol. The average Bonchev–Trinajstić information content (AvgIpc) is 2.06. The van der Waals surface area contributed by atoms with Crippen molar-refractivity contribution in [2.75, 3.05) is 27.0 Å². The Kier molecular flexibility index (Phi) is 7.66. The molecule has 0 aliphatic carbocycles. The molecule has 0 spiro atoms. The molecule has 0 heterocycles. The molecule has 0 bridgehead atoms. The van der Waals surface area contributed by atoms with Crippen LogP contribution in [-0.2, 0) is 4.74 Å². The molecule has 0 saturated carbocycles. The summed E-state index contributed by atoms with van der Waals surface area (Å²) in [5.74, 6) is 0. The van der Waals surface area contributed by atoms with Gasteiger partial charge < -0.3 is 15.2 Å². The second kappa shape index (κ2) is 8.25. The molecule has 0 rings (SSSR count). The highest BCUT2D eigenvalue weighted by Crippen LogP contribution is 1.71. The van der Waals surface area contributed by atoms with Gasteiger partial charge in [0.15, 0.2) is 0 Å². The third kappa shape index (κ3) is 7.26. The van der Waals surface area contributed by atoms with E-state index in [0.717, 1.165) is 0 Å². The van der Waals surface area contributed by atoms with Crippen molar-refractivity contribution < 1.29 is 14.6 Å². The smallest absolute Gasteiger partial charge is 0.329 e. The normalized spacial score (nSPS) is 9.50. The maximum Gasteiger partial charge on any atom is 0.329 e. The van der Waals surface area contributed by atoms with E-state index in [1.807, 2.05) is 0 Å². The van der Waals surface area contributed by atoms with Gasteiger partial charge in [-0.3, -0.25) is 5.43 Å². The maximum absolute atomic E-state index is 10.8. The zero-order valence-corrected chi connectivity index (χ0v) is 7.09. The van der Waals surface area contributed by atoms with Crippen molar-refractivity contribution in [3.8, 4) is 0 Å². The van der Waals surface area contributed by atoms with Crippen LogP contribution in [-0.4, -0.2) is 38.1 Å². The first-order chi connectivity index (χ1) is 5.81. The van der Waals surface area contributed by atoms with E-state index in [1.165, 1.54) is 7.11 Å². The summed E-state index contributed by atoms with van der Waals surface area (Å²) in [7, 11) is 1.51. The molecule has 0 unspecified atom stereocenters. The second-order valence-corrected chi connectivity index (χ2v) is 2.07. The van der Waals surface area contributed by atoms with E-state index in [2.05, 4.69) is 20.9 Å². The van der Waals surface area contributed by atoms with Gasteiger partial charge in [-0.15, -0.1) is 0 Å². The first kappa shape index (κ1) is 11.2. The van der Waals surface area contributed by atoms with E-state index in [1.54, 1.807) is 0 Å². The first-order valence-corrected chi connectivity index (χ1v) is 3.67. The number of nitrogens with one attached hydrogen (secondary N) is 3. The summed E-state index contributed by atoms with van der Waals surface area (Å²) in [5, 5.41) is 10.9. The van der Waals surface area contributed by atoms with Crippen molar-refractivity contribution in [2.24, 2.45) is 0 Å². The SMILES string of the molecule is COCNNC(=O)NCCCO. The van der Waals surface area contributed by atoms with Crippen LogP contribution >= 0.6 is 0 Å². The number of aliphatic hydroxyl groups excluding tert-OH is 1. The van der Waals surface area contributed by atoms with Gasteiger partial charge in [0, 0.05) is 20.3 Å². The van der Waals surface area contributed by atoms with Crippen LogP contribution < -0.4 is 16.2 Å². The average molecular weight is 177 g/mol. The van der Waals surface area contributed by atoms with Gasteiger partial charge in [-0.1, -0.05) is 0 Å². The van der Waals surface area contributed by atoms with Crippen LogP contribution in [0.25, 0.3) is 0 Å². The number of ether oxygens (including phenoxy) is 1. The molecular formula is C6H15N3O3. The third-order valence-electron chi connectivity index (χ3n) is 1.04. The molecule has 4 N–H and O–H groups in total. The Morgan fingerprint density at radius 1 is 1.58 bits per heavy atom. The molecule has 6 heteroatoms. The lowest BCUT2D eigenvalue weighted by Gasteiger charge is -2.06. The van der Waals surface area contributed by atoms with Gasteiger partial charge in [0.2, 0.25) is 0 Å². The Hall–Kier alpha value is -0.850. The lowest BCUT2D eigenvalue weighted by molar-refractivity contribution is 0.160. The molecule has 0 radical (unpaired) electrons. The zero-order valence-electron chi connectivity index (χ0n) is 7.09. The highest BCUT2D eigenvalue weighted by atomic mass is 16.5. The van der Waals surface area contributed by atoms with Crippen molar-refractivity contribution in [1.29, 1.82) is 0 Å². The molecule has 0 aromatic rings. The molecule has 2 amide bonds. The van der Waals surface area contributed by atoms with Crippen LogP contribution in [0.5, 0.6) is 0 Å². The molecule has 0 aromatic carbocycles. The van der Waals surface area contributed by atoms with Crippen molar-refractivity contribution in [3.05, 3.63) is 0 Å². The molecule has 0 aliphatic rings. The minimum absolute atomic E-state index is 0.0752. The van der Waals surface area contributed by atoms with E-state index >= 15 is 0 Å². The lowest BCUT2D eigenvalue weighted by Crippen LogP contribution is -2.45. The van der Waals surface area contributed by atoms with Crippen LogP contribution in [0.3, 0.4) is 0 Å². The molecule has 0 fully saturated rings. The second-order valence-electron chi connectivity index (χ2n) is 2.07. The standard InChI is InChI=1S/C6H15N3O3/c1-12-5-8-9-6(11)7-3-2-4-10/h8,10H,2-5H2,1H3,(H2,7,9,11). The van der Waals surface area contributed by atoms with Gasteiger partial charge in [0.25, 0.3) is 0 Å². The number of hydrogen-bond acceptors (Lipinski definition) is 4. The minimum Gasteiger partial charge on any atom is -0.396 e. The van der Waals surface area contributed by atoms with Crippen LogP contribution in [0, 0.1) is 0 Å². The van der Waals surface area contributed by atoms with Gasteiger partial charge in [-0.25, -0.2) is 10.2 Å². The minimum atomic E-state index is -0.333. The van der Waals surface area contributed by atoms with E-state index in [0.29, 0.717) is 13.0 Å². The summed E-state index contributed by atoms with van der Waals surface area (Å²) < 4.78 is 4.62. The number of urea groups is 1. The van der Waals surface area contributed by atoms with Crippen molar-refractivity contribution in [2.45, 2.75) is 6.42 Å². The van der Waals surface area contributed by atoms with E-state index in [9.17, 15) is 4.79 Å². The maximum atomic E-state index is 10.8. The number of carbonyl (C=O) groups is 1. The number of aliphatic hydroxyl groups is 1. The van der Waals surface area contributed by atoms with Gasteiger partial charge >= 0.3 is 6.03 Å². The van der Waals surface area contributed by atoms with Crippen molar-refractivity contribution >= 4 is 6.03 Å². The summed E-state index contributed by atoms with van der Waals surface area (Å²) >= 11 is 0. The third-order valence-corrected chi connectivity index (χ3v) is 1.04. The molecule has 6 nitrogen and oxygen atoms in total. The molecule has 0 atom stereocenters. The predicted octanol–water partition coefficient (Wildman–Crippen LogP) is -1.22. The Morgan fingerprint density at radius 3 is 2.92 bits per heavy atom. The molecule has 12 heavy (non-hydrogen) atoms. The van der Waals surface area contributed by atoms with Crippen molar-refractivity contribution in [1.82, 2.24) is 16.2 Å². The number of carbonyl (C=O) groups excluding carboxylic acids is 1. The lowest BCUT2D eigenvalue weighted by atomic mass is 10.4. The van der Waals surface area contributed by atoms with E-state index in [4.69, 9.17) is 5.11 Å². The summed E-state index contributed by atoms with van der Waals surface area (Å²) in [4.78, 5) is 10.8. The molecule has 0 aromatic heterocycles. The number of hydrazine groups is 1. The number of methoxy groups -OCH3 is 1.